The third-order valence-electron chi connectivity index (χ3n) is 5.08. The number of carbonyl (C=O) groups is 1. The van der Waals surface area contributed by atoms with E-state index in [1.54, 1.807) is 0 Å². The third-order valence-corrected chi connectivity index (χ3v) is 5.08. The summed E-state index contributed by atoms with van der Waals surface area (Å²) < 4.78 is 66.7. The fourth-order valence-corrected chi connectivity index (χ4v) is 3.20. The smallest absolute Gasteiger partial charge is 0.366 e. The quantitative estimate of drug-likeness (QED) is 0.310. The molecule has 12 heteroatoms. The number of hydrogen-bond acceptors (Lipinski definition) is 6. The van der Waals surface area contributed by atoms with Crippen molar-refractivity contribution in [2.45, 2.75) is 25.6 Å². The molecular formula is C24H25F5N6O. The first-order valence-electron chi connectivity index (χ1n) is 11.1. The third kappa shape index (κ3) is 7.67. The van der Waals surface area contributed by atoms with E-state index in [0.717, 1.165) is 37.4 Å². The standard InChI is InChI=1S/C24H25F5N6O/c1-35(2)8-4-3-7-31-23(36)20-11-21(32-13-15-5-6-18(25)10-19(15)26)34-22(33-20)16-9-17(14-30-12-16)24(27,28)29/h5-6,9-12,14H,3-4,7-8,13H2,1-2H3,(H,31,36)(H,32,33,34). The molecule has 36 heavy (non-hydrogen) atoms. The number of unbranched alkanes of at least 4 members (excludes halogenated alkanes) is 1. The minimum atomic E-state index is -4.63. The minimum absolute atomic E-state index is 0.0542. The maximum absolute atomic E-state index is 14.0. The van der Waals surface area contributed by atoms with Crippen LogP contribution >= 0.6 is 0 Å². The Hall–Kier alpha value is -3.67. The molecule has 0 bridgehead atoms. The summed E-state index contributed by atoms with van der Waals surface area (Å²) in [6.07, 6.45) is -1.24. The van der Waals surface area contributed by atoms with Crippen LogP contribution in [0, 0.1) is 11.6 Å². The summed E-state index contributed by atoms with van der Waals surface area (Å²) in [5.41, 5.74) is -1.01. The van der Waals surface area contributed by atoms with E-state index in [-0.39, 0.29) is 35.0 Å². The van der Waals surface area contributed by atoms with Gasteiger partial charge in [0.05, 0.1) is 5.56 Å². The van der Waals surface area contributed by atoms with Gasteiger partial charge in [-0.3, -0.25) is 9.78 Å². The van der Waals surface area contributed by atoms with E-state index in [1.807, 2.05) is 19.0 Å². The molecule has 2 heterocycles. The summed E-state index contributed by atoms with van der Waals surface area (Å²) in [5.74, 6) is -2.16. The van der Waals surface area contributed by atoms with Crippen molar-refractivity contribution in [3.8, 4) is 11.4 Å². The molecular weight excluding hydrogens is 483 g/mol. The average Bonchev–Trinajstić information content (AvgIpc) is 2.82. The van der Waals surface area contributed by atoms with Crippen molar-refractivity contribution >= 4 is 11.7 Å². The van der Waals surface area contributed by atoms with Crippen molar-refractivity contribution < 1.29 is 26.7 Å². The molecule has 3 aromatic rings. The molecule has 0 aliphatic heterocycles. The lowest BCUT2D eigenvalue weighted by atomic mass is 10.2. The second kappa shape index (κ2) is 11.8. The Labute approximate surface area is 204 Å². The highest BCUT2D eigenvalue weighted by atomic mass is 19.4. The van der Waals surface area contributed by atoms with E-state index in [1.165, 1.54) is 12.1 Å². The fourth-order valence-electron chi connectivity index (χ4n) is 3.20. The number of anilines is 1. The Kier molecular flexibility index (Phi) is 8.86. The number of pyridine rings is 1. The van der Waals surface area contributed by atoms with Gasteiger partial charge in [0.25, 0.3) is 5.91 Å². The molecule has 0 spiro atoms. The number of nitrogens with one attached hydrogen (secondary N) is 2. The largest absolute Gasteiger partial charge is 0.417 e. The van der Waals surface area contributed by atoms with E-state index < -0.39 is 29.3 Å². The molecule has 7 nitrogen and oxygen atoms in total. The summed E-state index contributed by atoms with van der Waals surface area (Å²) in [6, 6.07) is 5.20. The number of amides is 1. The van der Waals surface area contributed by atoms with Crippen molar-refractivity contribution in [1.29, 1.82) is 0 Å². The zero-order valence-electron chi connectivity index (χ0n) is 19.7. The Morgan fingerprint density at radius 1 is 1.03 bits per heavy atom. The minimum Gasteiger partial charge on any atom is -0.366 e. The van der Waals surface area contributed by atoms with Crippen LogP contribution in [0.1, 0.15) is 34.5 Å². The molecule has 0 radical (unpaired) electrons. The summed E-state index contributed by atoms with van der Waals surface area (Å²) in [6.45, 7) is 1.11. The molecule has 1 aromatic carbocycles. The Morgan fingerprint density at radius 3 is 2.50 bits per heavy atom. The predicted molar refractivity (Wildman–Crippen MR) is 124 cm³/mol. The van der Waals surface area contributed by atoms with Gasteiger partial charge in [0.2, 0.25) is 0 Å². The highest BCUT2D eigenvalue weighted by Gasteiger charge is 2.31. The van der Waals surface area contributed by atoms with Gasteiger partial charge in [0.15, 0.2) is 5.82 Å². The van der Waals surface area contributed by atoms with E-state index in [9.17, 15) is 26.7 Å². The molecule has 2 aromatic heterocycles. The summed E-state index contributed by atoms with van der Waals surface area (Å²) >= 11 is 0. The molecule has 0 atom stereocenters. The van der Waals surface area contributed by atoms with Crippen molar-refractivity contribution in [3.63, 3.8) is 0 Å². The van der Waals surface area contributed by atoms with Gasteiger partial charge >= 0.3 is 6.18 Å². The summed E-state index contributed by atoms with van der Waals surface area (Å²) in [4.78, 5) is 26.7. The van der Waals surface area contributed by atoms with Gasteiger partial charge in [-0.1, -0.05) is 6.07 Å². The highest BCUT2D eigenvalue weighted by molar-refractivity contribution is 5.93. The molecule has 2 N–H and O–H groups in total. The van der Waals surface area contributed by atoms with Crippen LogP contribution in [0.15, 0.2) is 42.7 Å². The van der Waals surface area contributed by atoms with Crippen molar-refractivity contribution in [1.82, 2.24) is 25.2 Å². The summed E-state index contributed by atoms with van der Waals surface area (Å²) in [7, 11) is 3.88. The zero-order chi connectivity index (χ0) is 26.3. The zero-order valence-corrected chi connectivity index (χ0v) is 19.7. The monoisotopic (exact) mass is 508 g/mol. The van der Waals surface area contributed by atoms with Gasteiger partial charge in [-0.25, -0.2) is 18.7 Å². The Bertz CT molecular complexity index is 1200. The lowest BCUT2D eigenvalue weighted by Crippen LogP contribution is -2.26. The van der Waals surface area contributed by atoms with Crippen LogP contribution in [-0.4, -0.2) is 52.9 Å². The topological polar surface area (TPSA) is 83.0 Å². The molecule has 0 saturated heterocycles. The first kappa shape index (κ1) is 26.9. The van der Waals surface area contributed by atoms with Crippen LogP contribution in [0.2, 0.25) is 0 Å². The van der Waals surface area contributed by atoms with E-state index in [0.29, 0.717) is 19.2 Å². The van der Waals surface area contributed by atoms with Crippen LogP contribution in [0.3, 0.4) is 0 Å². The first-order valence-corrected chi connectivity index (χ1v) is 11.1. The number of carbonyl (C=O) groups excluding carboxylic acids is 1. The number of halogens is 5. The van der Waals surface area contributed by atoms with Crippen LogP contribution < -0.4 is 10.6 Å². The normalized spacial score (nSPS) is 11.6. The Morgan fingerprint density at radius 2 is 1.81 bits per heavy atom. The highest BCUT2D eigenvalue weighted by Crippen LogP contribution is 2.31. The fraction of sp³-hybridized carbons (Fsp3) is 0.333. The molecule has 0 aliphatic carbocycles. The van der Waals surface area contributed by atoms with Crippen molar-refractivity contribution in [3.05, 3.63) is 71.2 Å². The lowest BCUT2D eigenvalue weighted by Gasteiger charge is -2.12. The number of hydrogen-bond donors (Lipinski definition) is 2. The SMILES string of the molecule is CN(C)CCCCNC(=O)c1cc(NCc2ccc(F)cc2F)nc(-c2cncc(C(F)(F)F)c2)n1. The van der Waals surface area contributed by atoms with Gasteiger partial charge in [-0.05, 0) is 45.6 Å². The van der Waals surface area contributed by atoms with Crippen LogP contribution in [0.25, 0.3) is 11.4 Å². The van der Waals surface area contributed by atoms with Crippen molar-refractivity contribution in [2.75, 3.05) is 32.5 Å². The Balaban J connectivity index is 1.86. The van der Waals surface area contributed by atoms with E-state index in [4.69, 9.17) is 0 Å². The average molecular weight is 508 g/mol. The number of alkyl halides is 3. The van der Waals surface area contributed by atoms with E-state index >= 15 is 0 Å². The van der Waals surface area contributed by atoms with Gasteiger partial charge in [0.1, 0.15) is 23.1 Å². The first-order chi connectivity index (χ1) is 17.0. The maximum Gasteiger partial charge on any atom is 0.417 e. The molecule has 0 unspecified atom stereocenters. The number of aromatic nitrogens is 3. The molecule has 1 amide bonds. The van der Waals surface area contributed by atoms with Gasteiger partial charge in [-0.2, -0.15) is 13.2 Å². The number of benzene rings is 1. The maximum atomic E-state index is 14.0. The molecule has 0 fully saturated rings. The van der Waals surface area contributed by atoms with Gasteiger partial charge < -0.3 is 15.5 Å². The molecule has 0 saturated carbocycles. The van der Waals surface area contributed by atoms with Gasteiger partial charge in [0, 0.05) is 48.7 Å². The molecule has 0 aliphatic rings. The number of nitrogens with zero attached hydrogens (tertiary/aromatic N) is 4. The summed E-state index contributed by atoms with van der Waals surface area (Å²) in [5, 5.41) is 5.55. The lowest BCUT2D eigenvalue weighted by molar-refractivity contribution is -0.137. The van der Waals surface area contributed by atoms with Crippen LogP contribution in [0.4, 0.5) is 27.8 Å². The van der Waals surface area contributed by atoms with Crippen LogP contribution in [0.5, 0.6) is 0 Å². The number of rotatable bonds is 10. The van der Waals surface area contributed by atoms with Crippen molar-refractivity contribution in [2.24, 2.45) is 0 Å². The molecule has 3 rings (SSSR count). The van der Waals surface area contributed by atoms with E-state index in [2.05, 4.69) is 25.6 Å². The molecule has 192 valence electrons. The van der Waals surface area contributed by atoms with Gasteiger partial charge in [-0.15, -0.1) is 0 Å². The predicted octanol–water partition coefficient (Wildman–Crippen LogP) is 4.52. The van der Waals surface area contributed by atoms with Crippen LogP contribution in [-0.2, 0) is 12.7 Å². The second-order valence-electron chi connectivity index (χ2n) is 8.28. The second-order valence-corrected chi connectivity index (χ2v) is 8.28.